The zero-order valence-corrected chi connectivity index (χ0v) is 22.4. The average molecular weight is 588 g/mol. The number of ether oxygens (including phenoxy) is 2. The van der Waals surface area contributed by atoms with Crippen molar-refractivity contribution in [1.82, 2.24) is 4.90 Å². The van der Waals surface area contributed by atoms with Gasteiger partial charge in [0, 0.05) is 16.5 Å². The third-order valence-electron chi connectivity index (χ3n) is 5.22. The molecule has 3 aromatic rings. The fraction of sp³-hybridized carbons (Fsp3) is 0.115. The number of rotatable bonds is 7. The van der Waals surface area contributed by atoms with Crippen LogP contribution in [0.1, 0.15) is 21.5 Å². The number of carbonyl (C=O) groups excluding carboxylic acids is 1. The maximum atomic E-state index is 12.9. The molecule has 0 aromatic heterocycles. The number of thioether (sulfide) groups is 1. The number of amides is 1. The largest absolute Gasteiger partial charge is 0.493 e. The number of amidine groups is 1. The number of carbonyl (C=O) groups is 2. The van der Waals surface area contributed by atoms with E-state index in [4.69, 9.17) is 26.2 Å². The first-order valence-electron chi connectivity index (χ1n) is 10.6. The summed E-state index contributed by atoms with van der Waals surface area (Å²) in [6.07, 6.45) is 1.76. The van der Waals surface area contributed by atoms with E-state index in [1.165, 1.54) is 28.8 Å². The van der Waals surface area contributed by atoms with Crippen molar-refractivity contribution >= 4 is 68.1 Å². The van der Waals surface area contributed by atoms with Crippen LogP contribution in [0.5, 0.6) is 11.5 Å². The van der Waals surface area contributed by atoms with E-state index in [-0.39, 0.29) is 11.5 Å². The van der Waals surface area contributed by atoms with Gasteiger partial charge in [-0.15, -0.1) is 0 Å². The molecule has 1 aliphatic heterocycles. The second kappa shape index (κ2) is 11.2. The molecule has 1 aliphatic rings. The summed E-state index contributed by atoms with van der Waals surface area (Å²) in [4.78, 5) is 30.4. The summed E-state index contributed by atoms with van der Waals surface area (Å²) in [5, 5.41) is 10.2. The number of methoxy groups -OCH3 is 1. The van der Waals surface area contributed by atoms with Crippen LogP contribution in [0.15, 0.2) is 75.0 Å². The molecule has 1 heterocycles. The number of aliphatic imine (C=N–C) groups is 1. The molecule has 1 amide bonds. The van der Waals surface area contributed by atoms with Crippen LogP contribution in [0, 0.1) is 0 Å². The number of carboxylic acid groups (broad SMARTS) is 1. The van der Waals surface area contributed by atoms with E-state index >= 15 is 0 Å². The Hall–Kier alpha value is -3.27. The smallest absolute Gasteiger partial charge is 0.335 e. The monoisotopic (exact) mass is 586 g/mol. The Kier molecular flexibility index (Phi) is 8.03. The highest BCUT2D eigenvalue weighted by molar-refractivity contribution is 9.10. The second-order valence-electron chi connectivity index (χ2n) is 7.66. The zero-order chi connectivity index (χ0) is 25.8. The molecule has 3 aromatic carbocycles. The molecule has 0 spiro atoms. The summed E-state index contributed by atoms with van der Waals surface area (Å²) in [6.45, 7) is 0.340. The number of nitrogens with zero attached hydrogens (tertiary/aromatic N) is 2. The molecule has 0 atom stereocenters. The van der Waals surface area contributed by atoms with Crippen LogP contribution < -0.4 is 9.47 Å². The SMILES string of the molecule is COc1cc(C=C2SC(=Nc3ccc(C(=O)O)cc3)N(C)C2=O)c(Br)cc1OCc1ccc(Cl)cc1. The van der Waals surface area contributed by atoms with Gasteiger partial charge in [-0.05, 0) is 77.5 Å². The maximum absolute atomic E-state index is 12.9. The van der Waals surface area contributed by atoms with E-state index in [2.05, 4.69) is 20.9 Å². The lowest BCUT2D eigenvalue weighted by molar-refractivity contribution is -0.121. The molecule has 4 rings (SSSR count). The summed E-state index contributed by atoms with van der Waals surface area (Å²) in [5.41, 5.74) is 2.42. The molecular formula is C26H20BrClN2O5S. The average Bonchev–Trinajstić information content (AvgIpc) is 3.12. The first-order valence-corrected chi connectivity index (χ1v) is 12.6. The summed E-state index contributed by atoms with van der Waals surface area (Å²) < 4.78 is 12.2. The molecule has 0 unspecified atom stereocenters. The normalized spacial score (nSPS) is 15.6. The molecule has 0 saturated carbocycles. The van der Waals surface area contributed by atoms with Crippen LogP contribution in [-0.2, 0) is 11.4 Å². The summed E-state index contributed by atoms with van der Waals surface area (Å²) in [7, 11) is 3.20. The molecule has 0 bridgehead atoms. The molecule has 7 nitrogen and oxygen atoms in total. The lowest BCUT2D eigenvalue weighted by Crippen LogP contribution is -2.23. The van der Waals surface area contributed by atoms with Crippen LogP contribution in [0.3, 0.4) is 0 Å². The van der Waals surface area contributed by atoms with E-state index in [1.54, 1.807) is 56.6 Å². The van der Waals surface area contributed by atoms with Gasteiger partial charge in [0.05, 0.1) is 23.3 Å². The van der Waals surface area contributed by atoms with Gasteiger partial charge in [0.1, 0.15) is 6.61 Å². The van der Waals surface area contributed by atoms with Gasteiger partial charge in [-0.1, -0.05) is 39.7 Å². The van der Waals surface area contributed by atoms with Crippen molar-refractivity contribution in [3.05, 3.63) is 91.8 Å². The Balaban J connectivity index is 1.55. The van der Waals surface area contributed by atoms with Gasteiger partial charge in [-0.25, -0.2) is 9.79 Å². The molecule has 1 N–H and O–H groups in total. The van der Waals surface area contributed by atoms with Crippen molar-refractivity contribution in [3.8, 4) is 11.5 Å². The standard InChI is InChI=1S/C26H20BrClN2O5S/c1-30-24(31)23(36-26(30)29-19-9-5-16(6-10-19)25(32)33)12-17-11-21(34-2)22(13-20(17)27)35-14-15-3-7-18(28)8-4-15/h3-13H,14H2,1-2H3,(H,32,33). The van der Waals surface area contributed by atoms with E-state index in [1.807, 2.05) is 12.1 Å². The Morgan fingerprint density at radius 2 is 1.83 bits per heavy atom. The highest BCUT2D eigenvalue weighted by Crippen LogP contribution is 2.38. The second-order valence-corrected chi connectivity index (χ2v) is 9.96. The van der Waals surface area contributed by atoms with Crippen molar-refractivity contribution in [2.45, 2.75) is 6.61 Å². The van der Waals surface area contributed by atoms with Crippen LogP contribution >= 0.6 is 39.3 Å². The summed E-state index contributed by atoms with van der Waals surface area (Å²) in [5.74, 6) is -0.134. The van der Waals surface area contributed by atoms with Crippen LogP contribution in [-0.4, -0.2) is 41.2 Å². The molecular weight excluding hydrogens is 568 g/mol. The Morgan fingerprint density at radius 1 is 1.14 bits per heavy atom. The highest BCUT2D eigenvalue weighted by atomic mass is 79.9. The van der Waals surface area contributed by atoms with Gasteiger partial charge in [0.25, 0.3) is 5.91 Å². The van der Waals surface area contributed by atoms with Crippen molar-refractivity contribution in [2.75, 3.05) is 14.2 Å². The molecule has 0 aliphatic carbocycles. The van der Waals surface area contributed by atoms with E-state index in [0.717, 1.165) is 15.6 Å². The molecule has 0 radical (unpaired) electrons. The van der Waals surface area contributed by atoms with Gasteiger partial charge >= 0.3 is 5.97 Å². The first-order chi connectivity index (χ1) is 17.2. The van der Waals surface area contributed by atoms with Crippen molar-refractivity contribution < 1.29 is 24.2 Å². The minimum atomic E-state index is -1.01. The van der Waals surface area contributed by atoms with Gasteiger partial charge in [-0.3, -0.25) is 9.69 Å². The van der Waals surface area contributed by atoms with Crippen LogP contribution in [0.25, 0.3) is 6.08 Å². The number of hydrogen-bond donors (Lipinski definition) is 1. The van der Waals surface area contributed by atoms with Gasteiger partial charge in [0.15, 0.2) is 16.7 Å². The Bertz CT molecular complexity index is 1370. The number of hydrogen-bond acceptors (Lipinski definition) is 6. The zero-order valence-electron chi connectivity index (χ0n) is 19.2. The number of aromatic carboxylic acids is 1. The third kappa shape index (κ3) is 5.92. The summed E-state index contributed by atoms with van der Waals surface area (Å²) in [6, 6.07) is 17.1. The van der Waals surface area contributed by atoms with Gasteiger partial charge < -0.3 is 14.6 Å². The predicted molar refractivity (Wildman–Crippen MR) is 145 cm³/mol. The topological polar surface area (TPSA) is 88.4 Å². The fourth-order valence-corrected chi connectivity index (χ4v) is 4.80. The number of likely N-dealkylation sites (N-methyl/N-ethyl adjacent to an activating group) is 1. The fourth-order valence-electron chi connectivity index (χ4n) is 3.26. The van der Waals surface area contributed by atoms with Gasteiger partial charge in [-0.2, -0.15) is 0 Å². The van der Waals surface area contributed by atoms with Crippen LogP contribution in [0.4, 0.5) is 5.69 Å². The number of benzene rings is 3. The minimum absolute atomic E-state index is 0.169. The first kappa shape index (κ1) is 25.8. The van der Waals surface area contributed by atoms with Crippen molar-refractivity contribution in [1.29, 1.82) is 0 Å². The predicted octanol–water partition coefficient (Wildman–Crippen LogP) is 6.62. The van der Waals surface area contributed by atoms with E-state index < -0.39 is 5.97 Å². The van der Waals surface area contributed by atoms with E-state index in [9.17, 15) is 9.59 Å². The van der Waals surface area contributed by atoms with Crippen molar-refractivity contribution in [2.24, 2.45) is 4.99 Å². The lowest BCUT2D eigenvalue weighted by atomic mass is 10.1. The minimum Gasteiger partial charge on any atom is -0.493 e. The summed E-state index contributed by atoms with van der Waals surface area (Å²) >= 11 is 10.7. The van der Waals surface area contributed by atoms with Crippen LogP contribution in [0.2, 0.25) is 5.02 Å². The molecule has 1 fully saturated rings. The quantitative estimate of drug-likeness (QED) is 0.313. The molecule has 1 saturated heterocycles. The Labute approximate surface area is 225 Å². The molecule has 184 valence electrons. The third-order valence-corrected chi connectivity index (χ3v) is 7.22. The number of carboxylic acids is 1. The lowest BCUT2D eigenvalue weighted by Gasteiger charge is -2.13. The highest BCUT2D eigenvalue weighted by Gasteiger charge is 2.30. The van der Waals surface area contributed by atoms with Crippen molar-refractivity contribution in [3.63, 3.8) is 0 Å². The number of halogens is 2. The Morgan fingerprint density at radius 3 is 2.47 bits per heavy atom. The molecule has 10 heteroatoms. The maximum Gasteiger partial charge on any atom is 0.335 e. The van der Waals surface area contributed by atoms with Gasteiger partial charge in [0.2, 0.25) is 0 Å². The molecule has 36 heavy (non-hydrogen) atoms. The van der Waals surface area contributed by atoms with E-state index in [0.29, 0.717) is 38.9 Å².